The summed E-state index contributed by atoms with van der Waals surface area (Å²) in [5.74, 6) is 0.961. The number of nitrogens with one attached hydrogen (secondary N) is 4. The molecular weight excluding hydrogens is 378 g/mol. The predicted molar refractivity (Wildman–Crippen MR) is 108 cm³/mol. The first-order valence-electron chi connectivity index (χ1n) is 9.34. The number of H-pyrrole nitrogens is 1. The van der Waals surface area contributed by atoms with Gasteiger partial charge in [-0.15, -0.1) is 0 Å². The fourth-order valence-electron chi connectivity index (χ4n) is 3.31. The van der Waals surface area contributed by atoms with Crippen molar-refractivity contribution in [2.24, 2.45) is 0 Å². The standard InChI is InChI=1S/C19H27N5O3S/c1-12(2)21-19(25)27-15-7-4-13(10-15)17-11-18(24-23-17)22-14-5-8-16(9-6-14)28(3,20)26/h5-6,8-9,11-13,15,20H,4,7,10H2,1-3H3,(H,21,25)(H2,22,23,24). The summed E-state index contributed by atoms with van der Waals surface area (Å²) < 4.78 is 24.8. The van der Waals surface area contributed by atoms with Gasteiger partial charge in [-0.3, -0.25) is 5.10 Å². The maximum atomic E-state index is 11.8. The lowest BCUT2D eigenvalue weighted by Crippen LogP contribution is -2.33. The second kappa shape index (κ2) is 8.22. The van der Waals surface area contributed by atoms with E-state index in [0.29, 0.717) is 10.7 Å². The van der Waals surface area contributed by atoms with Crippen LogP contribution in [0.25, 0.3) is 0 Å². The quantitative estimate of drug-likeness (QED) is 0.580. The molecule has 0 radical (unpaired) electrons. The van der Waals surface area contributed by atoms with Crippen molar-refractivity contribution in [2.75, 3.05) is 11.6 Å². The van der Waals surface area contributed by atoms with Crippen molar-refractivity contribution < 1.29 is 13.7 Å². The third-order valence-corrected chi connectivity index (χ3v) is 5.85. The summed E-state index contributed by atoms with van der Waals surface area (Å²) in [5, 5.41) is 13.3. The highest BCUT2D eigenvalue weighted by atomic mass is 32.2. The van der Waals surface area contributed by atoms with Crippen LogP contribution in [-0.4, -0.2) is 38.9 Å². The Labute approximate surface area is 165 Å². The summed E-state index contributed by atoms with van der Waals surface area (Å²) in [4.78, 5) is 12.3. The first-order valence-corrected chi connectivity index (χ1v) is 11.3. The van der Waals surface area contributed by atoms with Crippen molar-refractivity contribution in [3.8, 4) is 0 Å². The lowest BCUT2D eigenvalue weighted by atomic mass is 10.0. The Hall–Kier alpha value is -2.55. The summed E-state index contributed by atoms with van der Waals surface area (Å²) in [7, 11) is -2.71. The molecule has 3 unspecified atom stereocenters. The highest BCUT2D eigenvalue weighted by Gasteiger charge is 2.30. The SMILES string of the molecule is CC(C)NC(=O)OC1CCC(c2cc(Nc3ccc(S(C)(=N)=O)cc3)n[nH]2)C1. The topological polar surface area (TPSA) is 120 Å². The van der Waals surface area contributed by atoms with E-state index >= 15 is 0 Å². The van der Waals surface area contributed by atoms with Crippen LogP contribution in [0.3, 0.4) is 0 Å². The molecule has 1 aromatic carbocycles. The number of aromatic amines is 1. The Bertz CT molecular complexity index is 921. The van der Waals surface area contributed by atoms with E-state index in [2.05, 4.69) is 20.8 Å². The third-order valence-electron chi connectivity index (χ3n) is 4.68. The maximum Gasteiger partial charge on any atom is 0.407 e. The van der Waals surface area contributed by atoms with Gasteiger partial charge < -0.3 is 15.4 Å². The first-order chi connectivity index (χ1) is 13.2. The van der Waals surface area contributed by atoms with Gasteiger partial charge in [-0.05, 0) is 57.4 Å². The molecule has 0 spiro atoms. The van der Waals surface area contributed by atoms with Crippen molar-refractivity contribution in [1.82, 2.24) is 15.5 Å². The molecule has 0 saturated heterocycles. The molecule has 3 rings (SSSR count). The van der Waals surface area contributed by atoms with E-state index in [4.69, 9.17) is 9.52 Å². The highest BCUT2D eigenvalue weighted by molar-refractivity contribution is 7.91. The third kappa shape index (κ3) is 5.25. The molecule has 1 aliphatic carbocycles. The van der Waals surface area contributed by atoms with Gasteiger partial charge in [0.05, 0.1) is 9.73 Å². The zero-order valence-corrected chi connectivity index (χ0v) is 17.1. The number of ether oxygens (including phenoxy) is 1. The minimum absolute atomic E-state index is 0.0601. The molecule has 28 heavy (non-hydrogen) atoms. The highest BCUT2D eigenvalue weighted by Crippen LogP contribution is 2.36. The number of aromatic nitrogens is 2. The van der Waals surface area contributed by atoms with E-state index in [9.17, 15) is 9.00 Å². The van der Waals surface area contributed by atoms with Crippen molar-refractivity contribution in [1.29, 1.82) is 4.78 Å². The van der Waals surface area contributed by atoms with Gasteiger partial charge >= 0.3 is 6.09 Å². The van der Waals surface area contributed by atoms with Crippen LogP contribution in [0.1, 0.15) is 44.7 Å². The molecule has 1 aliphatic rings. The summed E-state index contributed by atoms with van der Waals surface area (Å²) in [6.45, 7) is 3.80. The fraction of sp³-hybridized carbons (Fsp3) is 0.474. The lowest BCUT2D eigenvalue weighted by molar-refractivity contribution is 0.0981. The minimum Gasteiger partial charge on any atom is -0.446 e. The number of carbonyl (C=O) groups excluding carboxylic acids is 1. The van der Waals surface area contributed by atoms with Gasteiger partial charge in [0.1, 0.15) is 6.10 Å². The Balaban J connectivity index is 1.56. The zero-order valence-electron chi connectivity index (χ0n) is 16.3. The number of anilines is 2. The molecule has 0 aliphatic heterocycles. The Morgan fingerprint density at radius 2 is 2.04 bits per heavy atom. The second-order valence-corrected chi connectivity index (χ2v) is 9.70. The van der Waals surface area contributed by atoms with Crippen LogP contribution >= 0.6 is 0 Å². The first kappa shape index (κ1) is 20.2. The number of nitrogens with zero attached hydrogens (tertiary/aromatic N) is 1. The number of amides is 1. The van der Waals surface area contributed by atoms with E-state index in [-0.39, 0.29) is 24.2 Å². The van der Waals surface area contributed by atoms with Gasteiger partial charge in [0, 0.05) is 40.6 Å². The molecule has 152 valence electrons. The molecule has 4 N–H and O–H groups in total. The van der Waals surface area contributed by atoms with Crippen LogP contribution in [0.2, 0.25) is 0 Å². The molecule has 1 aromatic heterocycles. The van der Waals surface area contributed by atoms with Crippen LogP contribution < -0.4 is 10.6 Å². The van der Waals surface area contributed by atoms with E-state index in [1.165, 1.54) is 6.26 Å². The predicted octanol–water partition coefficient (Wildman–Crippen LogP) is 3.96. The Kier molecular flexibility index (Phi) is 5.93. The molecule has 1 amide bonds. The Morgan fingerprint density at radius 3 is 2.68 bits per heavy atom. The van der Waals surface area contributed by atoms with Crippen molar-refractivity contribution >= 4 is 27.3 Å². The maximum absolute atomic E-state index is 11.8. The van der Waals surface area contributed by atoms with Crippen molar-refractivity contribution in [3.05, 3.63) is 36.0 Å². The normalized spacial score (nSPS) is 21.3. The molecule has 0 bridgehead atoms. The molecule has 1 heterocycles. The average molecular weight is 406 g/mol. The number of hydrogen-bond donors (Lipinski definition) is 4. The largest absolute Gasteiger partial charge is 0.446 e. The summed E-state index contributed by atoms with van der Waals surface area (Å²) in [5.41, 5.74) is 1.82. The second-order valence-electron chi connectivity index (χ2n) is 7.54. The molecule has 9 heteroatoms. The molecule has 8 nitrogen and oxygen atoms in total. The van der Waals surface area contributed by atoms with Gasteiger partial charge in [0.2, 0.25) is 0 Å². The van der Waals surface area contributed by atoms with E-state index in [1.807, 2.05) is 19.9 Å². The summed E-state index contributed by atoms with van der Waals surface area (Å²) in [6, 6.07) is 8.97. The molecule has 3 atom stereocenters. The van der Waals surface area contributed by atoms with Crippen LogP contribution in [0, 0.1) is 4.78 Å². The minimum atomic E-state index is -2.71. The Morgan fingerprint density at radius 1 is 1.32 bits per heavy atom. The zero-order chi connectivity index (χ0) is 20.3. The van der Waals surface area contributed by atoms with Gasteiger partial charge in [-0.25, -0.2) is 13.8 Å². The molecule has 2 aromatic rings. The molecule has 1 saturated carbocycles. The van der Waals surface area contributed by atoms with Gasteiger partial charge in [0.25, 0.3) is 0 Å². The van der Waals surface area contributed by atoms with Crippen LogP contribution in [0.4, 0.5) is 16.3 Å². The number of benzene rings is 1. The summed E-state index contributed by atoms with van der Waals surface area (Å²) in [6.07, 6.45) is 3.51. The number of hydrogen-bond acceptors (Lipinski definition) is 6. The summed E-state index contributed by atoms with van der Waals surface area (Å²) >= 11 is 0. The average Bonchev–Trinajstić information content (AvgIpc) is 3.23. The number of alkyl carbamates (subject to hydrolysis) is 1. The van der Waals surface area contributed by atoms with E-state index in [0.717, 1.165) is 30.6 Å². The van der Waals surface area contributed by atoms with Gasteiger partial charge in [0.15, 0.2) is 5.82 Å². The lowest BCUT2D eigenvalue weighted by Gasteiger charge is -2.14. The molecule has 1 fully saturated rings. The van der Waals surface area contributed by atoms with Crippen LogP contribution in [-0.2, 0) is 14.5 Å². The smallest absolute Gasteiger partial charge is 0.407 e. The van der Waals surface area contributed by atoms with Crippen molar-refractivity contribution in [3.63, 3.8) is 0 Å². The monoisotopic (exact) mass is 405 g/mol. The van der Waals surface area contributed by atoms with E-state index in [1.54, 1.807) is 24.3 Å². The number of carbonyl (C=O) groups is 1. The van der Waals surface area contributed by atoms with Gasteiger partial charge in [-0.1, -0.05) is 0 Å². The van der Waals surface area contributed by atoms with Crippen molar-refractivity contribution in [2.45, 2.75) is 56.1 Å². The van der Waals surface area contributed by atoms with Gasteiger partial charge in [-0.2, -0.15) is 5.10 Å². The van der Waals surface area contributed by atoms with E-state index < -0.39 is 9.73 Å². The van der Waals surface area contributed by atoms with Crippen LogP contribution in [0.15, 0.2) is 35.2 Å². The number of rotatable bonds is 6. The molecular formula is C19H27N5O3S. The fourth-order valence-corrected chi connectivity index (χ4v) is 3.96. The van der Waals surface area contributed by atoms with Crippen LogP contribution in [0.5, 0.6) is 0 Å².